The molecular formula is C14H18N4O4S. The van der Waals surface area contributed by atoms with Gasteiger partial charge in [-0.15, -0.1) is 6.58 Å². The van der Waals surface area contributed by atoms with E-state index in [9.17, 15) is 10.1 Å². The van der Waals surface area contributed by atoms with E-state index >= 15 is 0 Å². The number of nitrogens with one attached hydrogen (secondary N) is 2. The summed E-state index contributed by atoms with van der Waals surface area (Å²) in [6, 6.07) is 2.93. The van der Waals surface area contributed by atoms with Crippen molar-refractivity contribution in [3.8, 4) is 11.5 Å². The van der Waals surface area contributed by atoms with Crippen LogP contribution in [0.5, 0.6) is 11.5 Å². The quantitative estimate of drug-likeness (QED) is 0.246. The van der Waals surface area contributed by atoms with Gasteiger partial charge >= 0.3 is 5.69 Å². The lowest BCUT2D eigenvalue weighted by atomic mass is 10.2. The number of rotatable bonds is 8. The van der Waals surface area contributed by atoms with Crippen LogP contribution >= 0.6 is 12.2 Å². The molecule has 0 amide bonds. The van der Waals surface area contributed by atoms with Gasteiger partial charge in [-0.2, -0.15) is 5.10 Å². The minimum absolute atomic E-state index is 0.0910. The van der Waals surface area contributed by atoms with E-state index in [0.29, 0.717) is 17.2 Å². The van der Waals surface area contributed by atoms with Crippen LogP contribution in [0, 0.1) is 10.1 Å². The Balaban J connectivity index is 2.99. The number of nitrogens with zero attached hydrogens (tertiary/aromatic N) is 2. The van der Waals surface area contributed by atoms with Crippen molar-refractivity contribution in [3.63, 3.8) is 0 Å². The van der Waals surface area contributed by atoms with Gasteiger partial charge in [0.2, 0.25) is 5.75 Å². The number of hydrogen-bond donors (Lipinski definition) is 2. The Hall–Kier alpha value is -2.68. The molecule has 2 N–H and O–H groups in total. The molecule has 1 aromatic carbocycles. The summed E-state index contributed by atoms with van der Waals surface area (Å²) in [5, 5.41) is 18.2. The standard InChI is InChI=1S/C14H18N4O4S/c1-4-6-15-14(23)17-16-9-10-7-11(18(19)20)13(22-5-2)12(8-10)21-3/h4,7-9H,1,5-6H2,2-3H3,(H2,15,17,23)/b16-9+. The van der Waals surface area contributed by atoms with Gasteiger partial charge in [-0.05, 0) is 25.2 Å². The summed E-state index contributed by atoms with van der Waals surface area (Å²) in [5.41, 5.74) is 2.87. The number of hydrogen-bond acceptors (Lipinski definition) is 6. The number of methoxy groups -OCH3 is 1. The fourth-order valence-electron chi connectivity index (χ4n) is 1.63. The van der Waals surface area contributed by atoms with Crippen LogP contribution in [-0.2, 0) is 0 Å². The first kappa shape index (κ1) is 18.4. The van der Waals surface area contributed by atoms with E-state index in [1.54, 1.807) is 19.1 Å². The van der Waals surface area contributed by atoms with Crippen LogP contribution in [-0.4, -0.2) is 36.5 Å². The largest absolute Gasteiger partial charge is 0.493 e. The maximum absolute atomic E-state index is 11.2. The number of hydrazone groups is 1. The molecule has 0 unspecified atom stereocenters. The normalized spacial score (nSPS) is 10.2. The van der Waals surface area contributed by atoms with Gasteiger partial charge in [0, 0.05) is 18.2 Å². The highest BCUT2D eigenvalue weighted by Gasteiger charge is 2.21. The summed E-state index contributed by atoms with van der Waals surface area (Å²) in [6.45, 7) is 6.08. The Morgan fingerprint density at radius 2 is 2.30 bits per heavy atom. The van der Waals surface area contributed by atoms with Crippen molar-refractivity contribution >= 4 is 29.2 Å². The molecule has 0 spiro atoms. The Morgan fingerprint density at radius 3 is 2.87 bits per heavy atom. The van der Waals surface area contributed by atoms with E-state index < -0.39 is 4.92 Å². The smallest absolute Gasteiger partial charge is 0.315 e. The van der Waals surface area contributed by atoms with Crippen molar-refractivity contribution < 1.29 is 14.4 Å². The molecule has 0 fully saturated rings. The maximum atomic E-state index is 11.2. The van der Waals surface area contributed by atoms with Crippen LogP contribution in [0.2, 0.25) is 0 Å². The second kappa shape index (κ2) is 9.36. The highest BCUT2D eigenvalue weighted by molar-refractivity contribution is 7.80. The Labute approximate surface area is 139 Å². The molecule has 0 atom stereocenters. The first-order chi connectivity index (χ1) is 11.0. The van der Waals surface area contributed by atoms with Gasteiger partial charge in [-0.1, -0.05) is 6.08 Å². The summed E-state index contributed by atoms with van der Waals surface area (Å²) in [5.74, 6) is 0.350. The van der Waals surface area contributed by atoms with Gasteiger partial charge < -0.3 is 14.8 Å². The number of nitro groups is 1. The Bertz CT molecular complexity index is 619. The molecule has 23 heavy (non-hydrogen) atoms. The molecule has 1 rings (SSSR count). The Kier molecular flexibility index (Phi) is 7.48. The third-order valence-corrected chi connectivity index (χ3v) is 2.79. The zero-order chi connectivity index (χ0) is 17.2. The molecule has 1 aromatic rings. The van der Waals surface area contributed by atoms with E-state index in [-0.39, 0.29) is 23.8 Å². The highest BCUT2D eigenvalue weighted by Crippen LogP contribution is 2.37. The maximum Gasteiger partial charge on any atom is 0.315 e. The second-order valence-corrected chi connectivity index (χ2v) is 4.54. The van der Waals surface area contributed by atoms with E-state index in [1.807, 2.05) is 0 Å². The van der Waals surface area contributed by atoms with Crippen molar-refractivity contribution in [1.82, 2.24) is 10.7 Å². The molecule has 0 aliphatic carbocycles. The molecule has 0 aliphatic rings. The average Bonchev–Trinajstić information content (AvgIpc) is 2.53. The van der Waals surface area contributed by atoms with Crippen LogP contribution in [0.4, 0.5) is 5.69 Å². The van der Waals surface area contributed by atoms with E-state index in [4.69, 9.17) is 21.7 Å². The lowest BCUT2D eigenvalue weighted by Gasteiger charge is -2.10. The van der Waals surface area contributed by atoms with Crippen LogP contribution in [0.1, 0.15) is 12.5 Å². The van der Waals surface area contributed by atoms with Crippen molar-refractivity contribution in [2.75, 3.05) is 20.3 Å². The fourth-order valence-corrected chi connectivity index (χ4v) is 1.77. The minimum atomic E-state index is -0.533. The lowest BCUT2D eigenvalue weighted by molar-refractivity contribution is -0.385. The van der Waals surface area contributed by atoms with E-state index in [2.05, 4.69) is 22.4 Å². The number of benzene rings is 1. The summed E-state index contributed by atoms with van der Waals surface area (Å²) < 4.78 is 10.4. The molecule has 0 aliphatic heterocycles. The molecule has 8 nitrogen and oxygen atoms in total. The second-order valence-electron chi connectivity index (χ2n) is 4.13. The van der Waals surface area contributed by atoms with Gasteiger partial charge in [-0.3, -0.25) is 15.5 Å². The molecule has 0 radical (unpaired) electrons. The minimum Gasteiger partial charge on any atom is -0.493 e. The van der Waals surface area contributed by atoms with Crippen molar-refractivity contribution in [2.24, 2.45) is 5.10 Å². The Morgan fingerprint density at radius 1 is 1.57 bits per heavy atom. The zero-order valence-corrected chi connectivity index (χ0v) is 13.7. The predicted octanol–water partition coefficient (Wildman–Crippen LogP) is 1.99. The summed E-state index contributed by atoms with van der Waals surface area (Å²) in [6.07, 6.45) is 3.05. The monoisotopic (exact) mass is 338 g/mol. The van der Waals surface area contributed by atoms with Gasteiger partial charge in [0.25, 0.3) is 0 Å². The predicted molar refractivity (Wildman–Crippen MR) is 92.3 cm³/mol. The van der Waals surface area contributed by atoms with Crippen molar-refractivity contribution in [2.45, 2.75) is 6.92 Å². The summed E-state index contributed by atoms with van der Waals surface area (Å²) >= 11 is 4.97. The zero-order valence-electron chi connectivity index (χ0n) is 12.9. The van der Waals surface area contributed by atoms with Crippen molar-refractivity contribution in [1.29, 1.82) is 0 Å². The molecular weight excluding hydrogens is 320 g/mol. The summed E-state index contributed by atoms with van der Waals surface area (Å²) in [7, 11) is 1.41. The molecule has 0 aromatic heterocycles. The molecule has 9 heteroatoms. The highest BCUT2D eigenvalue weighted by atomic mass is 32.1. The lowest BCUT2D eigenvalue weighted by Crippen LogP contribution is -2.31. The third-order valence-electron chi connectivity index (χ3n) is 2.55. The number of ether oxygens (including phenoxy) is 2. The van der Waals surface area contributed by atoms with Crippen molar-refractivity contribution in [3.05, 3.63) is 40.5 Å². The topological polar surface area (TPSA) is 98.0 Å². The third kappa shape index (κ3) is 5.55. The number of thiocarbonyl (C=S) groups is 1. The van der Waals surface area contributed by atoms with E-state index in [0.717, 1.165) is 0 Å². The van der Waals surface area contributed by atoms with Gasteiger partial charge in [0.05, 0.1) is 24.9 Å². The van der Waals surface area contributed by atoms with Gasteiger partial charge in [-0.25, -0.2) is 0 Å². The van der Waals surface area contributed by atoms with Gasteiger partial charge in [0.1, 0.15) is 0 Å². The molecule has 124 valence electrons. The average molecular weight is 338 g/mol. The number of nitro benzene ring substituents is 1. The fraction of sp³-hybridized carbons (Fsp3) is 0.286. The molecule has 0 saturated carbocycles. The molecule has 0 heterocycles. The SMILES string of the molecule is C=CCNC(=S)N/N=C/c1cc(OC)c(OCC)c([N+](=O)[O-])c1. The molecule has 0 bridgehead atoms. The van der Waals surface area contributed by atoms with Gasteiger partial charge in [0.15, 0.2) is 10.9 Å². The van der Waals surface area contributed by atoms with Crippen LogP contribution < -0.4 is 20.2 Å². The van der Waals surface area contributed by atoms with Crippen LogP contribution in [0.25, 0.3) is 0 Å². The van der Waals surface area contributed by atoms with Crippen LogP contribution in [0.3, 0.4) is 0 Å². The first-order valence-electron chi connectivity index (χ1n) is 6.70. The van der Waals surface area contributed by atoms with E-state index in [1.165, 1.54) is 19.4 Å². The first-order valence-corrected chi connectivity index (χ1v) is 7.11. The van der Waals surface area contributed by atoms with Crippen LogP contribution in [0.15, 0.2) is 29.9 Å². The summed E-state index contributed by atoms with van der Waals surface area (Å²) in [4.78, 5) is 10.7. The molecule has 0 saturated heterocycles.